The van der Waals surface area contributed by atoms with Crippen molar-refractivity contribution in [3.63, 3.8) is 0 Å². The van der Waals surface area contributed by atoms with Crippen LogP contribution in [0.3, 0.4) is 0 Å². The molecule has 0 N–H and O–H groups in total. The highest BCUT2D eigenvalue weighted by Gasteiger charge is 2.55. The van der Waals surface area contributed by atoms with Gasteiger partial charge in [0.2, 0.25) is 0 Å². The number of rotatable bonds is 3. The molecule has 4 nitrogen and oxygen atoms in total. The van der Waals surface area contributed by atoms with Crippen LogP contribution in [0.4, 0.5) is 0 Å². The van der Waals surface area contributed by atoms with E-state index in [1.54, 1.807) is 0 Å². The summed E-state index contributed by atoms with van der Waals surface area (Å²) in [6, 6.07) is 10.3. The first-order valence-electron chi connectivity index (χ1n) is 9.50. The van der Waals surface area contributed by atoms with Crippen molar-refractivity contribution in [3.8, 4) is 0 Å². The van der Waals surface area contributed by atoms with Crippen molar-refractivity contribution in [1.82, 2.24) is 0 Å². The molecular formula is C21H28O4. The van der Waals surface area contributed by atoms with Crippen LogP contribution in [0.2, 0.25) is 0 Å². The normalized spacial score (nSPS) is 36.0. The Hall–Kier alpha value is -1.20. The molecule has 4 heteroatoms. The van der Waals surface area contributed by atoms with Crippen LogP contribution in [0.15, 0.2) is 42.5 Å². The second-order valence-electron chi connectivity index (χ2n) is 7.48. The molecule has 2 spiro atoms. The number of benzene rings is 1. The third-order valence-corrected chi connectivity index (χ3v) is 5.54. The van der Waals surface area contributed by atoms with E-state index in [0.29, 0.717) is 13.2 Å². The van der Waals surface area contributed by atoms with Gasteiger partial charge in [-0.2, -0.15) is 0 Å². The Bertz CT molecular complexity index is 593. The monoisotopic (exact) mass is 344 g/mol. The molecule has 25 heavy (non-hydrogen) atoms. The van der Waals surface area contributed by atoms with Gasteiger partial charge in [-0.25, -0.2) is 0 Å². The van der Waals surface area contributed by atoms with Gasteiger partial charge in [0.15, 0.2) is 11.6 Å². The van der Waals surface area contributed by atoms with E-state index in [2.05, 4.69) is 18.7 Å². The number of hydrogen-bond donors (Lipinski definition) is 0. The molecule has 0 radical (unpaired) electrons. The molecule has 136 valence electrons. The van der Waals surface area contributed by atoms with Crippen LogP contribution in [-0.2, 0) is 25.6 Å². The lowest BCUT2D eigenvalue weighted by atomic mass is 9.86. The van der Waals surface area contributed by atoms with Crippen LogP contribution in [0.25, 0.3) is 0 Å². The minimum Gasteiger partial charge on any atom is -0.368 e. The fourth-order valence-corrected chi connectivity index (χ4v) is 4.24. The largest absolute Gasteiger partial charge is 0.368 e. The maximum Gasteiger partial charge on any atom is 0.197 e. The molecule has 0 saturated carbocycles. The summed E-state index contributed by atoms with van der Waals surface area (Å²) in [4.78, 5) is 0. The second kappa shape index (κ2) is 7.20. The summed E-state index contributed by atoms with van der Waals surface area (Å²) in [5, 5.41) is 0. The quantitative estimate of drug-likeness (QED) is 0.764. The van der Waals surface area contributed by atoms with Crippen molar-refractivity contribution in [2.24, 2.45) is 0 Å². The summed E-state index contributed by atoms with van der Waals surface area (Å²) >= 11 is 0. The highest BCUT2D eigenvalue weighted by Crippen LogP contribution is 2.47. The second-order valence-corrected chi connectivity index (χ2v) is 7.48. The molecule has 4 rings (SSSR count). The lowest BCUT2D eigenvalue weighted by Crippen LogP contribution is -2.61. The van der Waals surface area contributed by atoms with Gasteiger partial charge >= 0.3 is 0 Å². The highest BCUT2D eigenvalue weighted by atomic mass is 16.8. The molecule has 3 aliphatic rings. The van der Waals surface area contributed by atoms with E-state index in [9.17, 15) is 0 Å². The Morgan fingerprint density at radius 3 is 2.72 bits per heavy atom. The van der Waals surface area contributed by atoms with Crippen LogP contribution in [0.1, 0.15) is 50.5 Å². The van der Waals surface area contributed by atoms with Gasteiger partial charge in [0.25, 0.3) is 0 Å². The van der Waals surface area contributed by atoms with E-state index in [1.807, 2.05) is 18.2 Å². The van der Waals surface area contributed by atoms with Crippen LogP contribution in [0, 0.1) is 0 Å². The summed E-state index contributed by atoms with van der Waals surface area (Å²) in [5.74, 6) is -1.25. The van der Waals surface area contributed by atoms with E-state index >= 15 is 0 Å². The van der Waals surface area contributed by atoms with Gasteiger partial charge in [-0.3, -0.25) is 0 Å². The molecule has 3 heterocycles. The Balaban J connectivity index is 1.50. The third-order valence-electron chi connectivity index (χ3n) is 5.54. The Morgan fingerprint density at radius 1 is 1.08 bits per heavy atom. The molecule has 3 fully saturated rings. The lowest BCUT2D eigenvalue weighted by Gasteiger charge is -2.53. The van der Waals surface area contributed by atoms with E-state index in [4.69, 9.17) is 18.9 Å². The SMILES string of the molecule is C=C1CCO[C@@]2(CC[C@H](OCc3ccccc3)[C@]3(CCCCO3)O2)C1. The van der Waals surface area contributed by atoms with Crippen LogP contribution in [0.5, 0.6) is 0 Å². The summed E-state index contributed by atoms with van der Waals surface area (Å²) in [6.07, 6.45) is 6.40. The first kappa shape index (κ1) is 17.2. The molecular weight excluding hydrogens is 316 g/mol. The van der Waals surface area contributed by atoms with Crippen LogP contribution in [-0.4, -0.2) is 30.9 Å². The van der Waals surface area contributed by atoms with Crippen LogP contribution >= 0.6 is 0 Å². The summed E-state index contributed by atoms with van der Waals surface area (Å²) in [7, 11) is 0. The summed E-state index contributed by atoms with van der Waals surface area (Å²) in [6.45, 7) is 6.15. The van der Waals surface area contributed by atoms with Crippen molar-refractivity contribution in [2.75, 3.05) is 13.2 Å². The average molecular weight is 344 g/mol. The van der Waals surface area contributed by atoms with Crippen molar-refractivity contribution >= 4 is 0 Å². The zero-order valence-electron chi connectivity index (χ0n) is 14.9. The van der Waals surface area contributed by atoms with Gasteiger partial charge in [-0.05, 0) is 31.2 Å². The fourth-order valence-electron chi connectivity index (χ4n) is 4.24. The minimum absolute atomic E-state index is 0.0579. The molecule has 3 atom stereocenters. The summed E-state index contributed by atoms with van der Waals surface area (Å²) in [5.41, 5.74) is 2.39. The molecule has 1 aromatic carbocycles. The van der Waals surface area contributed by atoms with Crippen molar-refractivity contribution in [2.45, 2.75) is 69.2 Å². The van der Waals surface area contributed by atoms with Crippen molar-refractivity contribution in [3.05, 3.63) is 48.0 Å². The average Bonchev–Trinajstić information content (AvgIpc) is 2.62. The molecule has 0 aromatic heterocycles. The molecule has 0 aliphatic carbocycles. The van der Waals surface area contributed by atoms with Crippen molar-refractivity contribution in [1.29, 1.82) is 0 Å². The third kappa shape index (κ3) is 3.68. The lowest BCUT2D eigenvalue weighted by molar-refractivity contribution is -0.420. The molecule has 0 bridgehead atoms. The zero-order chi connectivity index (χ0) is 17.2. The van der Waals surface area contributed by atoms with Gasteiger partial charge < -0.3 is 18.9 Å². The zero-order valence-corrected chi connectivity index (χ0v) is 14.9. The smallest absolute Gasteiger partial charge is 0.197 e. The van der Waals surface area contributed by atoms with Gasteiger partial charge in [0, 0.05) is 19.3 Å². The molecule has 3 aliphatic heterocycles. The topological polar surface area (TPSA) is 36.9 Å². The Morgan fingerprint density at radius 2 is 1.96 bits per heavy atom. The summed E-state index contributed by atoms with van der Waals surface area (Å²) < 4.78 is 25.2. The standard InChI is InChI=1S/C21H28O4/c1-17-10-14-23-20(15-17)12-9-19(21(25-20)11-5-6-13-24-21)22-16-18-7-3-2-4-8-18/h2-4,7-8,19H,1,5-6,9-16H2/t19-,20+,21-/m0/s1. The molecule has 1 aromatic rings. The van der Waals surface area contributed by atoms with Gasteiger partial charge in [-0.15, -0.1) is 0 Å². The first-order valence-corrected chi connectivity index (χ1v) is 9.50. The maximum absolute atomic E-state index is 6.58. The van der Waals surface area contributed by atoms with Crippen molar-refractivity contribution < 1.29 is 18.9 Å². The molecule has 0 unspecified atom stereocenters. The predicted octanol–water partition coefficient (Wildman–Crippen LogP) is 4.34. The fraction of sp³-hybridized carbons (Fsp3) is 0.619. The minimum atomic E-state index is -0.678. The van der Waals surface area contributed by atoms with E-state index in [0.717, 1.165) is 51.6 Å². The highest BCUT2D eigenvalue weighted by molar-refractivity contribution is 5.13. The molecule has 0 amide bonds. The maximum atomic E-state index is 6.58. The molecule has 3 saturated heterocycles. The van der Waals surface area contributed by atoms with Gasteiger partial charge in [-0.1, -0.05) is 42.5 Å². The Labute approximate surface area is 150 Å². The van der Waals surface area contributed by atoms with E-state index in [-0.39, 0.29) is 6.10 Å². The van der Waals surface area contributed by atoms with E-state index < -0.39 is 11.6 Å². The number of hydrogen-bond acceptors (Lipinski definition) is 4. The van der Waals surface area contributed by atoms with Gasteiger partial charge in [0.1, 0.15) is 6.10 Å². The first-order chi connectivity index (χ1) is 12.2. The van der Waals surface area contributed by atoms with Gasteiger partial charge in [0.05, 0.1) is 19.8 Å². The number of ether oxygens (including phenoxy) is 4. The van der Waals surface area contributed by atoms with E-state index in [1.165, 1.54) is 11.1 Å². The Kier molecular flexibility index (Phi) is 4.96. The predicted molar refractivity (Wildman–Crippen MR) is 94.9 cm³/mol. The van der Waals surface area contributed by atoms with Crippen LogP contribution < -0.4 is 0 Å².